The molecule has 1 heterocycles. The first-order valence-electron chi connectivity index (χ1n) is 9.56. The Bertz CT molecular complexity index is 606. The fourth-order valence-corrected chi connectivity index (χ4v) is 4.05. The van der Waals surface area contributed by atoms with Gasteiger partial charge >= 0.3 is 0 Å². The van der Waals surface area contributed by atoms with Crippen molar-refractivity contribution >= 4 is 5.91 Å². The number of rotatable bonds is 6. The molecule has 1 saturated carbocycles. The highest BCUT2D eigenvalue weighted by Crippen LogP contribution is 2.27. The van der Waals surface area contributed by atoms with E-state index in [-0.39, 0.29) is 11.9 Å². The van der Waals surface area contributed by atoms with Gasteiger partial charge < -0.3 is 20.5 Å². The van der Waals surface area contributed by atoms with Crippen LogP contribution >= 0.6 is 0 Å². The van der Waals surface area contributed by atoms with Gasteiger partial charge in [0.2, 0.25) is 5.91 Å². The van der Waals surface area contributed by atoms with Crippen LogP contribution in [-0.2, 0) is 11.3 Å². The predicted molar refractivity (Wildman–Crippen MR) is 101 cm³/mol. The number of amides is 1. The van der Waals surface area contributed by atoms with Gasteiger partial charge in [-0.2, -0.15) is 0 Å². The van der Waals surface area contributed by atoms with Crippen LogP contribution in [-0.4, -0.2) is 49.7 Å². The molecule has 1 aliphatic carbocycles. The maximum atomic E-state index is 12.6. The van der Waals surface area contributed by atoms with Crippen molar-refractivity contribution in [2.45, 2.75) is 56.7 Å². The van der Waals surface area contributed by atoms with E-state index in [2.05, 4.69) is 10.2 Å². The van der Waals surface area contributed by atoms with E-state index in [9.17, 15) is 4.79 Å². The average Bonchev–Trinajstić information content (AvgIpc) is 3.08. The van der Waals surface area contributed by atoms with Crippen LogP contribution in [0.25, 0.3) is 0 Å². The van der Waals surface area contributed by atoms with Gasteiger partial charge in [-0.25, -0.2) is 0 Å². The van der Waals surface area contributed by atoms with Crippen molar-refractivity contribution < 1.29 is 14.3 Å². The van der Waals surface area contributed by atoms with Crippen molar-refractivity contribution in [1.29, 1.82) is 0 Å². The fourth-order valence-electron chi connectivity index (χ4n) is 4.05. The molecular weight excluding hydrogens is 330 g/mol. The molecule has 26 heavy (non-hydrogen) atoms. The van der Waals surface area contributed by atoms with E-state index >= 15 is 0 Å². The number of hydrogen-bond acceptors (Lipinski definition) is 5. The zero-order valence-corrected chi connectivity index (χ0v) is 15.9. The molecular formula is C20H31N3O3. The number of methoxy groups -OCH3 is 2. The van der Waals surface area contributed by atoms with Gasteiger partial charge in [0.15, 0.2) is 0 Å². The van der Waals surface area contributed by atoms with Crippen LogP contribution in [0.2, 0.25) is 0 Å². The van der Waals surface area contributed by atoms with Crippen molar-refractivity contribution in [3.63, 3.8) is 0 Å². The predicted octanol–water partition coefficient (Wildman–Crippen LogP) is 2.06. The molecule has 1 aromatic rings. The van der Waals surface area contributed by atoms with Gasteiger partial charge in [0.25, 0.3) is 0 Å². The summed E-state index contributed by atoms with van der Waals surface area (Å²) in [7, 11) is 3.32. The van der Waals surface area contributed by atoms with E-state index in [1.807, 2.05) is 18.2 Å². The first-order chi connectivity index (χ1) is 12.5. The molecule has 0 spiro atoms. The third-order valence-electron chi connectivity index (χ3n) is 5.62. The molecule has 3 N–H and O–H groups in total. The van der Waals surface area contributed by atoms with Gasteiger partial charge in [-0.3, -0.25) is 9.69 Å². The number of nitrogens with zero attached hydrogens (tertiary/aromatic N) is 1. The maximum Gasteiger partial charge on any atom is 0.240 e. The van der Waals surface area contributed by atoms with Crippen LogP contribution < -0.4 is 20.5 Å². The summed E-state index contributed by atoms with van der Waals surface area (Å²) < 4.78 is 10.7. The lowest BCUT2D eigenvalue weighted by atomic mass is 9.82. The Labute approximate surface area is 156 Å². The van der Waals surface area contributed by atoms with Crippen molar-refractivity contribution in [3.8, 4) is 11.5 Å². The third-order valence-corrected chi connectivity index (χ3v) is 5.62. The smallest absolute Gasteiger partial charge is 0.240 e. The summed E-state index contributed by atoms with van der Waals surface area (Å²) in [5.41, 5.74) is 6.84. The Morgan fingerprint density at radius 2 is 1.85 bits per heavy atom. The summed E-state index contributed by atoms with van der Waals surface area (Å²) in [5, 5.41) is 3.19. The van der Waals surface area contributed by atoms with Gasteiger partial charge in [0, 0.05) is 31.7 Å². The van der Waals surface area contributed by atoms with Crippen LogP contribution in [0.1, 0.15) is 44.1 Å². The topological polar surface area (TPSA) is 76.8 Å². The molecule has 1 amide bonds. The number of carbonyl (C=O) groups is 1. The molecule has 0 aromatic heterocycles. The van der Waals surface area contributed by atoms with Gasteiger partial charge in [0.05, 0.1) is 19.8 Å². The van der Waals surface area contributed by atoms with Crippen LogP contribution in [0, 0.1) is 0 Å². The molecule has 144 valence electrons. The number of nitrogens with two attached hydrogens (primary N) is 1. The summed E-state index contributed by atoms with van der Waals surface area (Å²) in [6.07, 6.45) is 5.87. The quantitative estimate of drug-likeness (QED) is 0.811. The number of ether oxygens (including phenoxy) is 2. The molecule has 3 rings (SSSR count). The van der Waals surface area contributed by atoms with Crippen LogP contribution in [0.15, 0.2) is 18.2 Å². The summed E-state index contributed by atoms with van der Waals surface area (Å²) >= 11 is 0. The Morgan fingerprint density at radius 3 is 2.46 bits per heavy atom. The first-order valence-corrected chi connectivity index (χ1v) is 9.56. The van der Waals surface area contributed by atoms with Gasteiger partial charge in [-0.05, 0) is 37.0 Å². The molecule has 1 aliphatic heterocycles. The summed E-state index contributed by atoms with van der Waals surface area (Å²) in [4.78, 5) is 15.0. The number of benzene rings is 1. The molecule has 1 aromatic carbocycles. The summed E-state index contributed by atoms with van der Waals surface area (Å²) in [6, 6.07) is 6.12. The number of carbonyl (C=O) groups excluding carboxylic acids is 1. The molecule has 0 bridgehead atoms. The number of likely N-dealkylation sites (tertiary alicyclic amines) is 1. The second kappa shape index (κ2) is 8.27. The lowest BCUT2D eigenvalue weighted by Crippen LogP contribution is -2.57. The van der Waals surface area contributed by atoms with Crippen LogP contribution in [0.3, 0.4) is 0 Å². The van der Waals surface area contributed by atoms with E-state index in [0.29, 0.717) is 0 Å². The highest BCUT2D eigenvalue weighted by Gasteiger charge is 2.37. The largest absolute Gasteiger partial charge is 0.497 e. The van der Waals surface area contributed by atoms with E-state index in [1.54, 1.807) is 14.2 Å². The maximum absolute atomic E-state index is 12.6. The molecule has 1 unspecified atom stereocenters. The Morgan fingerprint density at radius 1 is 1.19 bits per heavy atom. The monoisotopic (exact) mass is 361 g/mol. The normalized spacial score (nSPS) is 22.8. The minimum Gasteiger partial charge on any atom is -0.497 e. The van der Waals surface area contributed by atoms with Crippen LogP contribution in [0.5, 0.6) is 11.5 Å². The Balaban J connectivity index is 1.55. The molecule has 6 heteroatoms. The molecule has 6 nitrogen and oxygen atoms in total. The number of nitrogens with one attached hydrogen (secondary N) is 1. The van der Waals surface area contributed by atoms with Crippen molar-refractivity contribution in [2.75, 3.05) is 27.3 Å². The zero-order valence-electron chi connectivity index (χ0n) is 15.9. The molecule has 0 radical (unpaired) electrons. The third kappa shape index (κ3) is 4.48. The van der Waals surface area contributed by atoms with E-state index in [1.165, 1.54) is 6.42 Å². The van der Waals surface area contributed by atoms with Crippen molar-refractivity contribution in [3.05, 3.63) is 23.8 Å². The SMILES string of the molecule is COc1cc(CN2CCC(NC(=O)C3(N)CCCCC3)C2)cc(OC)c1. The van der Waals surface area contributed by atoms with Gasteiger partial charge in [-0.15, -0.1) is 0 Å². The second-order valence-electron chi connectivity index (χ2n) is 7.63. The van der Waals surface area contributed by atoms with E-state index < -0.39 is 5.54 Å². The molecule has 2 aliphatic rings. The fraction of sp³-hybridized carbons (Fsp3) is 0.650. The van der Waals surface area contributed by atoms with E-state index in [4.69, 9.17) is 15.2 Å². The Hall–Kier alpha value is -1.79. The number of hydrogen-bond donors (Lipinski definition) is 2. The average molecular weight is 361 g/mol. The van der Waals surface area contributed by atoms with Crippen molar-refractivity contribution in [1.82, 2.24) is 10.2 Å². The van der Waals surface area contributed by atoms with Gasteiger partial charge in [0.1, 0.15) is 11.5 Å². The zero-order chi connectivity index (χ0) is 18.6. The lowest BCUT2D eigenvalue weighted by molar-refractivity contribution is -0.128. The lowest BCUT2D eigenvalue weighted by Gasteiger charge is -2.33. The van der Waals surface area contributed by atoms with E-state index in [0.717, 1.165) is 68.8 Å². The highest BCUT2D eigenvalue weighted by molar-refractivity contribution is 5.86. The highest BCUT2D eigenvalue weighted by atomic mass is 16.5. The van der Waals surface area contributed by atoms with Gasteiger partial charge in [-0.1, -0.05) is 19.3 Å². The molecule has 2 fully saturated rings. The standard InChI is InChI=1S/C20H31N3O3/c1-25-17-10-15(11-18(12-17)26-2)13-23-9-6-16(14-23)22-19(24)20(21)7-4-3-5-8-20/h10-12,16H,3-9,13-14,21H2,1-2H3,(H,22,24). The minimum atomic E-state index is -0.661. The second-order valence-corrected chi connectivity index (χ2v) is 7.63. The Kier molecular flexibility index (Phi) is 6.04. The summed E-state index contributed by atoms with van der Waals surface area (Å²) in [5.74, 6) is 1.63. The first kappa shape index (κ1) is 19.0. The van der Waals surface area contributed by atoms with Crippen LogP contribution in [0.4, 0.5) is 0 Å². The molecule has 1 atom stereocenters. The molecule has 1 saturated heterocycles. The minimum absolute atomic E-state index is 0.0344. The summed E-state index contributed by atoms with van der Waals surface area (Å²) in [6.45, 7) is 2.62. The van der Waals surface area contributed by atoms with Crippen molar-refractivity contribution in [2.24, 2.45) is 5.73 Å².